The van der Waals surface area contributed by atoms with Crippen molar-refractivity contribution in [1.82, 2.24) is 14.9 Å². The van der Waals surface area contributed by atoms with Gasteiger partial charge in [-0.25, -0.2) is 14.4 Å². The van der Waals surface area contributed by atoms with Gasteiger partial charge in [0.2, 0.25) is 11.8 Å². The van der Waals surface area contributed by atoms with Gasteiger partial charge in [0.15, 0.2) is 5.82 Å². The molecule has 1 fully saturated rings. The van der Waals surface area contributed by atoms with Crippen molar-refractivity contribution in [2.75, 3.05) is 31.7 Å². The molecule has 30 heavy (non-hydrogen) atoms. The highest BCUT2D eigenvalue weighted by atomic mass is 19.1. The minimum Gasteiger partial charge on any atom is -0.375 e. The van der Waals surface area contributed by atoms with Crippen LogP contribution in [0.4, 0.5) is 10.2 Å². The summed E-state index contributed by atoms with van der Waals surface area (Å²) >= 11 is 0. The van der Waals surface area contributed by atoms with E-state index in [1.54, 1.807) is 21.9 Å². The molecule has 1 saturated heterocycles. The van der Waals surface area contributed by atoms with Crippen molar-refractivity contribution in [2.24, 2.45) is 0 Å². The summed E-state index contributed by atoms with van der Waals surface area (Å²) in [6, 6.07) is 6.10. The molecule has 0 radical (unpaired) electrons. The van der Waals surface area contributed by atoms with Gasteiger partial charge >= 0.3 is 0 Å². The second kappa shape index (κ2) is 8.47. The summed E-state index contributed by atoms with van der Waals surface area (Å²) in [5.41, 5.74) is 2.57. The van der Waals surface area contributed by atoms with E-state index in [1.165, 1.54) is 19.2 Å². The topological polar surface area (TPSA) is 75.6 Å². The molecule has 8 heteroatoms. The molecular weight excluding hydrogens is 387 g/mol. The molecule has 158 valence electrons. The first kappa shape index (κ1) is 20.4. The van der Waals surface area contributed by atoms with Gasteiger partial charge in [0.25, 0.3) is 0 Å². The monoisotopic (exact) mass is 412 g/mol. The third-order valence-corrected chi connectivity index (χ3v) is 5.77. The van der Waals surface area contributed by atoms with Crippen molar-refractivity contribution in [2.45, 2.75) is 38.6 Å². The van der Waals surface area contributed by atoms with E-state index in [2.05, 4.69) is 4.98 Å². The number of carbonyl (C=O) groups is 2. The Morgan fingerprint density at radius 1 is 1.27 bits per heavy atom. The number of halogens is 1. The number of benzene rings is 1. The number of ether oxygens (including phenoxy) is 1. The highest BCUT2D eigenvalue weighted by Crippen LogP contribution is 2.35. The quantitative estimate of drug-likeness (QED) is 0.728. The Morgan fingerprint density at radius 3 is 2.77 bits per heavy atom. The number of rotatable bonds is 6. The first-order valence-corrected chi connectivity index (χ1v) is 10.2. The number of hydrogen-bond acceptors (Lipinski definition) is 5. The maximum atomic E-state index is 13.1. The number of hydrogen-bond donors (Lipinski definition) is 0. The minimum absolute atomic E-state index is 0.0135. The van der Waals surface area contributed by atoms with Crippen molar-refractivity contribution >= 4 is 17.6 Å². The van der Waals surface area contributed by atoms with Gasteiger partial charge in [0, 0.05) is 31.5 Å². The van der Waals surface area contributed by atoms with Crippen LogP contribution in [0.1, 0.15) is 41.5 Å². The van der Waals surface area contributed by atoms with Crippen molar-refractivity contribution in [3.63, 3.8) is 0 Å². The summed E-state index contributed by atoms with van der Waals surface area (Å²) in [5.74, 6) is 0.843. The number of anilines is 1. The Balaban J connectivity index is 1.58. The predicted molar refractivity (Wildman–Crippen MR) is 108 cm³/mol. The molecule has 4 rings (SSSR count). The van der Waals surface area contributed by atoms with E-state index in [0.717, 1.165) is 29.7 Å². The molecule has 3 heterocycles. The van der Waals surface area contributed by atoms with Crippen molar-refractivity contribution in [1.29, 1.82) is 0 Å². The average Bonchev–Trinajstić information content (AvgIpc) is 3.33. The van der Waals surface area contributed by atoms with Gasteiger partial charge < -0.3 is 9.64 Å². The van der Waals surface area contributed by atoms with Crippen LogP contribution >= 0.6 is 0 Å². The van der Waals surface area contributed by atoms with Gasteiger partial charge in [-0.1, -0.05) is 12.1 Å². The van der Waals surface area contributed by atoms with Gasteiger partial charge in [-0.2, -0.15) is 0 Å². The van der Waals surface area contributed by atoms with E-state index in [4.69, 9.17) is 9.72 Å². The molecular formula is C22H25FN4O3. The largest absolute Gasteiger partial charge is 0.375 e. The third-order valence-electron chi connectivity index (χ3n) is 5.77. The lowest BCUT2D eigenvalue weighted by Gasteiger charge is -2.25. The maximum Gasteiger partial charge on any atom is 0.249 e. The number of nitrogens with zero attached hydrogens (tertiary/aromatic N) is 4. The van der Waals surface area contributed by atoms with Gasteiger partial charge in [-0.15, -0.1) is 0 Å². The number of amides is 2. The molecule has 2 aromatic rings. The summed E-state index contributed by atoms with van der Waals surface area (Å²) in [5, 5.41) is 0. The van der Waals surface area contributed by atoms with Crippen LogP contribution in [-0.4, -0.2) is 53.5 Å². The number of aryl methyl sites for hydroxylation is 1. The normalized spacial score (nSPS) is 18.2. The SMILES string of the molecule is COCC(=O)N1CCC[C@@H]1c1nc(C)c2c(n1)N(CCc1ccc(F)cc1)C(=O)C2. The Hall–Kier alpha value is -2.87. The highest BCUT2D eigenvalue weighted by molar-refractivity contribution is 6.00. The fraction of sp³-hybridized carbons (Fsp3) is 0.455. The number of carbonyl (C=O) groups excluding carboxylic acids is 2. The Labute approximate surface area is 174 Å². The van der Waals surface area contributed by atoms with Crippen LogP contribution < -0.4 is 4.90 Å². The molecule has 0 bridgehead atoms. The Bertz CT molecular complexity index is 964. The molecule has 0 unspecified atom stereocenters. The van der Waals surface area contributed by atoms with Crippen LogP contribution in [0.3, 0.4) is 0 Å². The molecule has 2 amide bonds. The van der Waals surface area contributed by atoms with Gasteiger partial charge in [-0.05, 0) is 43.9 Å². The van der Waals surface area contributed by atoms with E-state index in [0.29, 0.717) is 31.2 Å². The molecule has 1 atom stereocenters. The molecule has 0 spiro atoms. The lowest BCUT2D eigenvalue weighted by Crippen LogP contribution is -2.34. The zero-order chi connectivity index (χ0) is 21.3. The van der Waals surface area contributed by atoms with Crippen LogP contribution in [0.15, 0.2) is 24.3 Å². The Morgan fingerprint density at radius 2 is 2.03 bits per heavy atom. The summed E-state index contributed by atoms with van der Waals surface area (Å²) in [4.78, 5) is 37.9. The second-order valence-corrected chi connectivity index (χ2v) is 7.75. The summed E-state index contributed by atoms with van der Waals surface area (Å²) in [6.45, 7) is 3.03. The number of likely N-dealkylation sites (tertiary alicyclic amines) is 1. The van der Waals surface area contributed by atoms with Crippen LogP contribution in [0, 0.1) is 12.7 Å². The molecule has 7 nitrogen and oxygen atoms in total. The van der Waals surface area contributed by atoms with Crippen LogP contribution in [0.2, 0.25) is 0 Å². The number of methoxy groups -OCH3 is 1. The maximum absolute atomic E-state index is 13.1. The van der Waals surface area contributed by atoms with Crippen LogP contribution in [0.5, 0.6) is 0 Å². The van der Waals surface area contributed by atoms with E-state index >= 15 is 0 Å². The molecule has 1 aromatic heterocycles. The summed E-state index contributed by atoms with van der Waals surface area (Å²) in [7, 11) is 1.50. The number of fused-ring (bicyclic) bond motifs is 1. The lowest BCUT2D eigenvalue weighted by molar-refractivity contribution is -0.136. The summed E-state index contributed by atoms with van der Waals surface area (Å²) < 4.78 is 18.1. The molecule has 1 aromatic carbocycles. The highest BCUT2D eigenvalue weighted by Gasteiger charge is 2.36. The Kier molecular flexibility index (Phi) is 5.76. The lowest BCUT2D eigenvalue weighted by atomic mass is 10.1. The van der Waals surface area contributed by atoms with Crippen LogP contribution in [0.25, 0.3) is 0 Å². The minimum atomic E-state index is -0.279. The zero-order valence-electron chi connectivity index (χ0n) is 17.2. The molecule has 0 N–H and O–H groups in total. The third kappa shape index (κ3) is 3.92. The van der Waals surface area contributed by atoms with Crippen molar-refractivity contribution in [3.05, 3.63) is 52.7 Å². The fourth-order valence-electron chi connectivity index (χ4n) is 4.21. The molecule has 0 saturated carbocycles. The van der Waals surface area contributed by atoms with Gasteiger partial charge in [0.05, 0.1) is 12.5 Å². The van der Waals surface area contributed by atoms with E-state index in [1.807, 2.05) is 6.92 Å². The van der Waals surface area contributed by atoms with Gasteiger partial charge in [0.1, 0.15) is 18.2 Å². The van der Waals surface area contributed by atoms with Gasteiger partial charge in [-0.3, -0.25) is 14.5 Å². The first-order valence-electron chi connectivity index (χ1n) is 10.2. The van der Waals surface area contributed by atoms with Crippen molar-refractivity contribution in [3.8, 4) is 0 Å². The first-order chi connectivity index (χ1) is 14.5. The zero-order valence-corrected chi connectivity index (χ0v) is 17.2. The average molecular weight is 412 g/mol. The summed E-state index contributed by atoms with van der Waals surface area (Å²) in [6.07, 6.45) is 2.55. The molecule has 2 aliphatic rings. The predicted octanol–water partition coefficient (Wildman–Crippen LogP) is 2.37. The second-order valence-electron chi connectivity index (χ2n) is 7.75. The standard InChI is InChI=1S/C22H25FN4O3/c1-14-17-12-19(28)27(11-9-15-5-7-16(23)8-6-15)22(17)25-21(24-14)18-4-3-10-26(18)20(29)13-30-2/h5-8,18H,3-4,9-13H2,1-2H3/t18-/m1/s1. The van der Waals surface area contributed by atoms with E-state index in [-0.39, 0.29) is 36.7 Å². The molecule has 2 aliphatic heterocycles. The van der Waals surface area contributed by atoms with E-state index < -0.39 is 0 Å². The van der Waals surface area contributed by atoms with E-state index in [9.17, 15) is 14.0 Å². The smallest absolute Gasteiger partial charge is 0.249 e. The van der Waals surface area contributed by atoms with Crippen LogP contribution in [-0.2, 0) is 27.2 Å². The molecule has 0 aliphatic carbocycles. The number of aromatic nitrogens is 2. The van der Waals surface area contributed by atoms with Crippen molar-refractivity contribution < 1.29 is 18.7 Å². The fourth-order valence-corrected chi connectivity index (χ4v) is 4.21.